The van der Waals surface area contributed by atoms with Crippen molar-refractivity contribution in [3.05, 3.63) is 62.8 Å². The molecule has 3 aromatic rings. The highest BCUT2D eigenvalue weighted by molar-refractivity contribution is 5.99. The fourth-order valence-corrected chi connectivity index (χ4v) is 3.87. The molecule has 0 spiro atoms. The van der Waals surface area contributed by atoms with E-state index in [1.165, 1.54) is 30.0 Å². The van der Waals surface area contributed by atoms with Gasteiger partial charge in [-0.25, -0.2) is 5.43 Å². The van der Waals surface area contributed by atoms with Gasteiger partial charge in [0.15, 0.2) is 5.75 Å². The van der Waals surface area contributed by atoms with Crippen LogP contribution in [-0.2, 0) is 12.8 Å². The Morgan fingerprint density at radius 2 is 2.13 bits per heavy atom. The highest BCUT2D eigenvalue weighted by Crippen LogP contribution is 2.36. The van der Waals surface area contributed by atoms with Crippen LogP contribution < -0.4 is 10.2 Å². The van der Waals surface area contributed by atoms with E-state index in [-0.39, 0.29) is 18.3 Å². The maximum Gasteiger partial charge on any atom is 0.315 e. The molecule has 1 amide bonds. The summed E-state index contributed by atoms with van der Waals surface area (Å²) in [6, 6.07) is 8.06. The lowest BCUT2D eigenvalue weighted by Gasteiger charge is -2.10. The Bertz CT molecular complexity index is 1200. The van der Waals surface area contributed by atoms with Gasteiger partial charge in [-0.05, 0) is 62.4 Å². The number of nitrogens with one attached hydrogen (secondary N) is 2. The summed E-state index contributed by atoms with van der Waals surface area (Å²) < 4.78 is 5.24. The van der Waals surface area contributed by atoms with Crippen LogP contribution in [0.15, 0.2) is 35.4 Å². The molecule has 0 atom stereocenters. The summed E-state index contributed by atoms with van der Waals surface area (Å²) in [5, 5.41) is 26.1. The van der Waals surface area contributed by atoms with Crippen LogP contribution in [0.25, 0.3) is 10.9 Å². The van der Waals surface area contributed by atoms with E-state index < -0.39 is 16.4 Å². The van der Waals surface area contributed by atoms with Crippen molar-refractivity contribution in [2.75, 3.05) is 6.61 Å². The van der Waals surface area contributed by atoms with Gasteiger partial charge in [0, 0.05) is 33.8 Å². The predicted molar refractivity (Wildman–Crippen MR) is 116 cm³/mol. The maximum absolute atomic E-state index is 12.6. The number of carbonyl (C=O) groups excluding carboxylic acids is 1. The third-order valence-corrected chi connectivity index (χ3v) is 5.31. The Hall–Kier alpha value is -3.88. The number of aryl methyl sites for hydroxylation is 2. The minimum absolute atomic E-state index is 0.0211. The number of phenols is 1. The summed E-state index contributed by atoms with van der Waals surface area (Å²) in [6.45, 7) is 1.93. The number of carbonyl (C=O) groups is 1. The van der Waals surface area contributed by atoms with E-state index in [1.807, 2.05) is 12.1 Å². The van der Waals surface area contributed by atoms with E-state index in [1.54, 1.807) is 13.0 Å². The van der Waals surface area contributed by atoms with Gasteiger partial charge < -0.3 is 14.8 Å². The normalized spacial score (nSPS) is 13.3. The first-order valence-electron chi connectivity index (χ1n) is 10.1. The molecule has 0 fully saturated rings. The van der Waals surface area contributed by atoms with E-state index in [0.717, 1.165) is 36.2 Å². The minimum atomic E-state index is -0.708. The molecule has 1 heterocycles. The Morgan fingerprint density at radius 1 is 1.32 bits per heavy atom. The Kier molecular flexibility index (Phi) is 5.57. The SMILES string of the molecule is CCOc1cc(/C=N/NC(=O)c2ccc3[nH]c4c(c3c2)CCCC4)cc([N+](=O)[O-])c1O. The molecule has 0 radical (unpaired) electrons. The minimum Gasteiger partial charge on any atom is -0.500 e. The van der Waals surface area contributed by atoms with E-state index in [4.69, 9.17) is 4.74 Å². The monoisotopic (exact) mass is 422 g/mol. The first-order chi connectivity index (χ1) is 15.0. The van der Waals surface area contributed by atoms with Gasteiger partial charge in [-0.3, -0.25) is 14.9 Å². The van der Waals surface area contributed by atoms with Crippen molar-refractivity contribution >= 4 is 28.7 Å². The third-order valence-electron chi connectivity index (χ3n) is 5.31. The van der Waals surface area contributed by atoms with E-state index >= 15 is 0 Å². The largest absolute Gasteiger partial charge is 0.500 e. The van der Waals surface area contributed by atoms with Gasteiger partial charge >= 0.3 is 5.69 Å². The Labute approximate surface area is 177 Å². The van der Waals surface area contributed by atoms with E-state index in [9.17, 15) is 20.0 Å². The van der Waals surface area contributed by atoms with Crippen LogP contribution >= 0.6 is 0 Å². The molecule has 0 aliphatic heterocycles. The molecule has 2 aromatic carbocycles. The zero-order chi connectivity index (χ0) is 22.0. The number of aromatic nitrogens is 1. The van der Waals surface area contributed by atoms with Crippen molar-refractivity contribution in [1.29, 1.82) is 0 Å². The second-order valence-corrected chi connectivity index (χ2v) is 7.33. The molecule has 1 aromatic heterocycles. The first-order valence-corrected chi connectivity index (χ1v) is 10.1. The molecule has 4 rings (SSSR count). The van der Waals surface area contributed by atoms with Crippen molar-refractivity contribution in [2.24, 2.45) is 5.10 Å². The Morgan fingerprint density at radius 3 is 2.90 bits per heavy atom. The molecule has 1 aliphatic carbocycles. The molecule has 0 saturated carbocycles. The maximum atomic E-state index is 12.6. The van der Waals surface area contributed by atoms with Gasteiger partial charge in [0.25, 0.3) is 5.91 Å². The fourth-order valence-electron chi connectivity index (χ4n) is 3.87. The molecule has 9 heteroatoms. The number of rotatable bonds is 6. The average molecular weight is 422 g/mol. The number of benzene rings is 2. The number of hydrogen-bond donors (Lipinski definition) is 3. The predicted octanol–water partition coefficient (Wildman–Crippen LogP) is 3.82. The molecule has 3 N–H and O–H groups in total. The number of ether oxygens (including phenoxy) is 1. The van der Waals surface area contributed by atoms with Gasteiger partial charge in [0.2, 0.25) is 5.75 Å². The topological polar surface area (TPSA) is 130 Å². The lowest BCUT2D eigenvalue weighted by molar-refractivity contribution is -0.386. The number of aromatic amines is 1. The number of nitro groups is 1. The van der Waals surface area contributed by atoms with E-state index in [0.29, 0.717) is 11.1 Å². The third kappa shape index (κ3) is 4.07. The molecule has 31 heavy (non-hydrogen) atoms. The summed E-state index contributed by atoms with van der Waals surface area (Å²) >= 11 is 0. The molecule has 1 aliphatic rings. The lowest BCUT2D eigenvalue weighted by Crippen LogP contribution is -2.17. The number of aromatic hydroxyl groups is 1. The summed E-state index contributed by atoms with van der Waals surface area (Å²) in [5.74, 6) is -0.953. The first kappa shape index (κ1) is 20.4. The number of hydrazone groups is 1. The highest BCUT2D eigenvalue weighted by Gasteiger charge is 2.20. The summed E-state index contributed by atoms with van der Waals surface area (Å²) in [6.07, 6.45) is 5.60. The Balaban J connectivity index is 1.54. The lowest BCUT2D eigenvalue weighted by atomic mass is 9.95. The number of nitro benzene ring substituents is 1. The second kappa shape index (κ2) is 8.47. The van der Waals surface area contributed by atoms with Crippen LogP contribution in [-0.4, -0.2) is 33.7 Å². The number of hydrogen-bond acceptors (Lipinski definition) is 6. The molecule has 9 nitrogen and oxygen atoms in total. The molecule has 160 valence electrons. The number of nitrogens with zero attached hydrogens (tertiary/aromatic N) is 2. The molecule has 0 unspecified atom stereocenters. The van der Waals surface area contributed by atoms with Gasteiger partial charge in [0.05, 0.1) is 17.7 Å². The molecular weight excluding hydrogens is 400 g/mol. The van der Waals surface area contributed by atoms with Crippen LogP contribution in [0, 0.1) is 10.1 Å². The zero-order valence-electron chi connectivity index (χ0n) is 17.0. The van der Waals surface area contributed by atoms with Crippen LogP contribution in [0.2, 0.25) is 0 Å². The van der Waals surface area contributed by atoms with E-state index in [2.05, 4.69) is 15.5 Å². The van der Waals surface area contributed by atoms with Gasteiger partial charge in [-0.15, -0.1) is 0 Å². The second-order valence-electron chi connectivity index (χ2n) is 7.33. The molecule has 0 saturated heterocycles. The van der Waals surface area contributed by atoms with Crippen molar-refractivity contribution < 1.29 is 19.6 Å². The highest BCUT2D eigenvalue weighted by atomic mass is 16.6. The van der Waals surface area contributed by atoms with Crippen molar-refractivity contribution in [1.82, 2.24) is 10.4 Å². The van der Waals surface area contributed by atoms with Crippen LogP contribution in [0.3, 0.4) is 0 Å². The van der Waals surface area contributed by atoms with Crippen molar-refractivity contribution in [2.45, 2.75) is 32.6 Å². The molecule has 0 bridgehead atoms. The van der Waals surface area contributed by atoms with Crippen molar-refractivity contribution in [3.63, 3.8) is 0 Å². The van der Waals surface area contributed by atoms with Crippen LogP contribution in [0.1, 0.15) is 46.9 Å². The van der Waals surface area contributed by atoms with Crippen LogP contribution in [0.5, 0.6) is 11.5 Å². The molecular formula is C22H22N4O5. The number of fused-ring (bicyclic) bond motifs is 3. The van der Waals surface area contributed by atoms with Gasteiger partial charge in [0.1, 0.15) is 0 Å². The number of H-pyrrole nitrogens is 1. The standard InChI is InChI=1S/C22H22N4O5/c1-2-31-20-10-13(9-19(21(20)27)26(29)30)12-23-25-22(28)14-7-8-18-16(11-14)15-5-3-4-6-17(15)24-18/h7-12,24,27H,2-6H2,1H3,(H,25,28)/b23-12+. The fraction of sp³-hybridized carbons (Fsp3) is 0.273. The van der Waals surface area contributed by atoms with Crippen molar-refractivity contribution in [3.8, 4) is 11.5 Å². The summed E-state index contributed by atoms with van der Waals surface area (Å²) in [5.41, 5.74) is 6.28. The van der Waals surface area contributed by atoms with Gasteiger partial charge in [-0.1, -0.05) is 0 Å². The van der Waals surface area contributed by atoms with Crippen LogP contribution in [0.4, 0.5) is 5.69 Å². The summed E-state index contributed by atoms with van der Waals surface area (Å²) in [7, 11) is 0. The summed E-state index contributed by atoms with van der Waals surface area (Å²) in [4.78, 5) is 26.4. The number of amides is 1. The van der Waals surface area contributed by atoms with Gasteiger partial charge in [-0.2, -0.15) is 5.10 Å². The smallest absolute Gasteiger partial charge is 0.315 e. The zero-order valence-corrected chi connectivity index (χ0v) is 17.0. The number of phenolic OH excluding ortho intramolecular Hbond substituents is 1. The average Bonchev–Trinajstić information content (AvgIpc) is 3.13. The quantitative estimate of drug-likeness (QED) is 0.316.